The highest BCUT2D eigenvalue weighted by Gasteiger charge is 2.42. The van der Waals surface area contributed by atoms with Gasteiger partial charge >= 0.3 is 5.97 Å². The van der Waals surface area contributed by atoms with Gasteiger partial charge in [0.25, 0.3) is 5.91 Å². The second-order valence-corrected chi connectivity index (χ2v) is 6.33. The van der Waals surface area contributed by atoms with Gasteiger partial charge in [-0.15, -0.1) is 11.8 Å². The number of aryl methyl sites for hydroxylation is 1. The highest BCUT2D eigenvalue weighted by molar-refractivity contribution is 8.00. The van der Waals surface area contributed by atoms with Gasteiger partial charge in [-0.3, -0.25) is 4.79 Å². The van der Waals surface area contributed by atoms with E-state index >= 15 is 0 Å². The lowest BCUT2D eigenvalue weighted by molar-refractivity contribution is -0.141. The van der Waals surface area contributed by atoms with Crippen molar-refractivity contribution in [3.05, 3.63) is 29.3 Å². The molecule has 6 heteroatoms. The van der Waals surface area contributed by atoms with E-state index in [-0.39, 0.29) is 16.7 Å². The number of carbonyl (C=O) groups excluding carboxylic acids is 1. The van der Waals surface area contributed by atoms with Gasteiger partial charge in [0, 0.05) is 5.75 Å². The standard InChI is InChI=1S/C15H19NO4S/c1-3-5-12-16(11(8-21-12)15(19)20)14(18)10-7-4-6-9(2)13(10)17/h4,6-7,11-12,17H,3,5,8H2,1-2H3,(H,19,20). The normalized spacial score (nSPS) is 21.5. The molecule has 1 heterocycles. The molecule has 1 aromatic rings. The predicted molar refractivity (Wildman–Crippen MR) is 81.6 cm³/mol. The lowest BCUT2D eigenvalue weighted by Gasteiger charge is -2.27. The average Bonchev–Trinajstić information content (AvgIpc) is 2.85. The number of para-hydroxylation sites is 1. The monoisotopic (exact) mass is 309 g/mol. The van der Waals surface area contributed by atoms with Crippen LogP contribution in [0.5, 0.6) is 5.75 Å². The van der Waals surface area contributed by atoms with E-state index < -0.39 is 17.9 Å². The zero-order valence-corrected chi connectivity index (χ0v) is 12.9. The van der Waals surface area contributed by atoms with E-state index in [9.17, 15) is 19.8 Å². The molecule has 1 fully saturated rings. The Hall–Kier alpha value is -1.69. The van der Waals surface area contributed by atoms with Crippen LogP contribution in [0.3, 0.4) is 0 Å². The molecule has 2 atom stereocenters. The number of amides is 1. The summed E-state index contributed by atoms with van der Waals surface area (Å²) >= 11 is 1.49. The SMILES string of the molecule is CCCC1SCC(C(=O)O)N1C(=O)c1cccc(C)c1O. The maximum Gasteiger partial charge on any atom is 0.327 e. The minimum Gasteiger partial charge on any atom is -0.507 e. The van der Waals surface area contributed by atoms with Crippen LogP contribution in [0.15, 0.2) is 18.2 Å². The molecule has 0 saturated carbocycles. The van der Waals surface area contributed by atoms with Crippen LogP contribution >= 0.6 is 11.8 Å². The molecule has 2 rings (SSSR count). The smallest absolute Gasteiger partial charge is 0.327 e. The number of benzene rings is 1. The molecule has 21 heavy (non-hydrogen) atoms. The molecule has 1 aliphatic rings. The molecule has 0 aliphatic carbocycles. The van der Waals surface area contributed by atoms with Crippen LogP contribution in [-0.4, -0.2) is 44.2 Å². The number of hydrogen-bond donors (Lipinski definition) is 2. The summed E-state index contributed by atoms with van der Waals surface area (Å²) in [6.07, 6.45) is 1.61. The van der Waals surface area contributed by atoms with Crippen molar-refractivity contribution in [3.8, 4) is 5.75 Å². The van der Waals surface area contributed by atoms with Crippen molar-refractivity contribution in [2.75, 3.05) is 5.75 Å². The lowest BCUT2D eigenvalue weighted by atomic mass is 10.1. The van der Waals surface area contributed by atoms with Gasteiger partial charge in [0.2, 0.25) is 0 Å². The first-order valence-corrected chi connectivity index (χ1v) is 7.97. The third kappa shape index (κ3) is 3.00. The molecule has 0 spiro atoms. The van der Waals surface area contributed by atoms with Crippen LogP contribution in [0.2, 0.25) is 0 Å². The summed E-state index contributed by atoms with van der Waals surface area (Å²) in [4.78, 5) is 25.5. The van der Waals surface area contributed by atoms with Gasteiger partial charge in [-0.25, -0.2) is 4.79 Å². The van der Waals surface area contributed by atoms with Crippen LogP contribution in [0, 0.1) is 6.92 Å². The van der Waals surface area contributed by atoms with Gasteiger partial charge in [0.15, 0.2) is 0 Å². The quantitative estimate of drug-likeness (QED) is 0.893. The number of nitrogens with zero attached hydrogens (tertiary/aromatic N) is 1. The average molecular weight is 309 g/mol. The number of rotatable bonds is 4. The number of carboxylic acid groups (broad SMARTS) is 1. The second kappa shape index (κ2) is 6.39. The number of carboxylic acids is 1. The van der Waals surface area contributed by atoms with Crippen molar-refractivity contribution in [1.82, 2.24) is 4.90 Å². The summed E-state index contributed by atoms with van der Waals surface area (Å²) in [5, 5.41) is 19.2. The number of phenols is 1. The number of aromatic hydroxyl groups is 1. The van der Waals surface area contributed by atoms with Crippen LogP contribution in [-0.2, 0) is 4.79 Å². The van der Waals surface area contributed by atoms with Gasteiger partial charge in [-0.2, -0.15) is 0 Å². The first kappa shape index (κ1) is 15.7. The highest BCUT2D eigenvalue weighted by Crippen LogP contribution is 2.35. The Bertz CT molecular complexity index is 561. The fourth-order valence-electron chi connectivity index (χ4n) is 2.47. The highest BCUT2D eigenvalue weighted by atomic mass is 32.2. The molecular formula is C15H19NO4S. The van der Waals surface area contributed by atoms with Crippen LogP contribution in [0.4, 0.5) is 0 Å². The molecule has 114 valence electrons. The molecular weight excluding hydrogens is 290 g/mol. The van der Waals surface area contributed by atoms with E-state index in [1.165, 1.54) is 22.7 Å². The second-order valence-electron chi connectivity index (χ2n) is 5.11. The van der Waals surface area contributed by atoms with E-state index in [4.69, 9.17) is 0 Å². The number of hydrogen-bond acceptors (Lipinski definition) is 4. The Morgan fingerprint density at radius 2 is 2.14 bits per heavy atom. The number of carbonyl (C=O) groups is 2. The van der Waals surface area contributed by atoms with Crippen LogP contribution in [0.1, 0.15) is 35.7 Å². The summed E-state index contributed by atoms with van der Waals surface area (Å²) < 4.78 is 0. The topological polar surface area (TPSA) is 77.8 Å². The van der Waals surface area contributed by atoms with E-state index in [1.54, 1.807) is 19.1 Å². The predicted octanol–water partition coefficient (Wildman–Crippen LogP) is 2.47. The van der Waals surface area contributed by atoms with Crippen molar-refractivity contribution in [3.63, 3.8) is 0 Å². The fraction of sp³-hybridized carbons (Fsp3) is 0.467. The number of thioether (sulfide) groups is 1. The Kier molecular flexibility index (Phi) is 4.77. The Balaban J connectivity index is 2.37. The van der Waals surface area contributed by atoms with E-state index in [0.29, 0.717) is 11.3 Å². The summed E-state index contributed by atoms with van der Waals surface area (Å²) in [5.41, 5.74) is 0.775. The van der Waals surface area contributed by atoms with Crippen LogP contribution < -0.4 is 0 Å². The molecule has 2 N–H and O–H groups in total. The minimum absolute atomic E-state index is 0.0706. The first-order valence-electron chi connectivity index (χ1n) is 6.93. The van der Waals surface area contributed by atoms with Crippen molar-refractivity contribution in [1.29, 1.82) is 0 Å². The maximum atomic E-state index is 12.7. The molecule has 0 bridgehead atoms. The molecule has 2 unspecified atom stereocenters. The van der Waals surface area contributed by atoms with Crippen molar-refractivity contribution in [2.24, 2.45) is 0 Å². The lowest BCUT2D eigenvalue weighted by Crippen LogP contribution is -2.45. The largest absolute Gasteiger partial charge is 0.507 e. The zero-order valence-electron chi connectivity index (χ0n) is 12.1. The van der Waals surface area contributed by atoms with Gasteiger partial charge in [-0.05, 0) is 25.0 Å². The molecule has 5 nitrogen and oxygen atoms in total. The maximum absolute atomic E-state index is 12.7. The Morgan fingerprint density at radius 1 is 1.43 bits per heavy atom. The van der Waals surface area contributed by atoms with E-state index in [0.717, 1.165) is 12.8 Å². The molecule has 0 radical (unpaired) electrons. The van der Waals surface area contributed by atoms with Gasteiger partial charge < -0.3 is 15.1 Å². The third-order valence-electron chi connectivity index (χ3n) is 3.62. The van der Waals surface area contributed by atoms with Gasteiger partial charge in [0.1, 0.15) is 11.8 Å². The summed E-state index contributed by atoms with van der Waals surface area (Å²) in [6, 6.07) is 4.10. The molecule has 1 saturated heterocycles. The summed E-state index contributed by atoms with van der Waals surface area (Å²) in [6.45, 7) is 3.71. The van der Waals surface area contributed by atoms with Crippen molar-refractivity contribution in [2.45, 2.75) is 38.1 Å². The summed E-state index contributed by atoms with van der Waals surface area (Å²) in [7, 11) is 0. The fourth-order valence-corrected chi connectivity index (χ4v) is 3.98. The third-order valence-corrected chi connectivity index (χ3v) is 4.97. The molecule has 1 aliphatic heterocycles. The molecule has 0 aromatic heterocycles. The van der Waals surface area contributed by atoms with E-state index in [2.05, 4.69) is 0 Å². The minimum atomic E-state index is -0.999. The van der Waals surface area contributed by atoms with Crippen molar-refractivity contribution >= 4 is 23.6 Å². The first-order chi connectivity index (χ1) is 9.97. The molecule has 1 aromatic carbocycles. The Morgan fingerprint density at radius 3 is 2.76 bits per heavy atom. The van der Waals surface area contributed by atoms with Gasteiger partial charge in [-0.1, -0.05) is 25.5 Å². The zero-order chi connectivity index (χ0) is 15.6. The number of phenolic OH excluding ortho intramolecular Hbond substituents is 1. The summed E-state index contributed by atoms with van der Waals surface area (Å²) in [5.74, 6) is -1.09. The van der Waals surface area contributed by atoms with Crippen LogP contribution in [0.25, 0.3) is 0 Å². The van der Waals surface area contributed by atoms with E-state index in [1.807, 2.05) is 6.92 Å². The Labute approximate surface area is 128 Å². The number of aliphatic carboxylic acids is 1. The molecule has 1 amide bonds. The van der Waals surface area contributed by atoms with Crippen molar-refractivity contribution < 1.29 is 19.8 Å². The van der Waals surface area contributed by atoms with Gasteiger partial charge in [0.05, 0.1) is 10.9 Å².